The Morgan fingerprint density at radius 2 is 1.97 bits per heavy atom. The molecule has 0 fully saturated rings. The van der Waals surface area contributed by atoms with Crippen molar-refractivity contribution in [2.45, 2.75) is 40.0 Å². The fourth-order valence-corrected chi connectivity index (χ4v) is 4.84. The van der Waals surface area contributed by atoms with Crippen LogP contribution in [0.15, 0.2) is 35.1 Å². The normalized spacial score (nSPS) is 12.6. The number of aliphatic hydroxyl groups is 1. The number of ether oxygens (including phenoxy) is 2. The van der Waals surface area contributed by atoms with Crippen molar-refractivity contribution in [3.05, 3.63) is 62.5 Å². The van der Waals surface area contributed by atoms with Gasteiger partial charge in [-0.2, -0.15) is 0 Å². The van der Waals surface area contributed by atoms with Crippen molar-refractivity contribution in [3.8, 4) is 0 Å². The summed E-state index contributed by atoms with van der Waals surface area (Å²) in [4.78, 5) is 35.1. The zero-order valence-corrected chi connectivity index (χ0v) is 20.3. The minimum atomic E-state index is -0.683. The minimum absolute atomic E-state index is 0.207. The number of fused-ring (bicyclic) bond motifs is 1. The lowest BCUT2D eigenvalue weighted by molar-refractivity contribution is 0.00639. The smallest absolute Gasteiger partial charge is 0.348 e. The van der Waals surface area contributed by atoms with Gasteiger partial charge in [0.15, 0.2) is 0 Å². The molecule has 178 valence electrons. The number of thiophene rings is 1. The van der Waals surface area contributed by atoms with Crippen molar-refractivity contribution in [2.75, 3.05) is 26.8 Å². The summed E-state index contributed by atoms with van der Waals surface area (Å²) in [7, 11) is 1.31. The molecule has 3 aromatic rings. The van der Waals surface area contributed by atoms with Crippen molar-refractivity contribution in [1.82, 2.24) is 14.9 Å². The SMILES string of the molecule is COC(=O)c1sc2nc(CN(CC(C)C)C[C@@H](O)COCc3ccccc3)[nH]c(=O)c2c1C. The van der Waals surface area contributed by atoms with Crippen LogP contribution in [-0.2, 0) is 22.6 Å². The molecule has 3 rings (SSSR count). The number of H-pyrrole nitrogens is 1. The number of nitrogens with one attached hydrogen (secondary N) is 1. The average molecular weight is 474 g/mol. The highest BCUT2D eigenvalue weighted by Gasteiger charge is 2.21. The fourth-order valence-electron chi connectivity index (χ4n) is 3.72. The van der Waals surface area contributed by atoms with E-state index in [9.17, 15) is 14.7 Å². The van der Waals surface area contributed by atoms with E-state index in [1.54, 1.807) is 6.92 Å². The van der Waals surface area contributed by atoms with Gasteiger partial charge in [0, 0.05) is 13.1 Å². The molecule has 2 aromatic heterocycles. The Morgan fingerprint density at radius 3 is 2.64 bits per heavy atom. The Morgan fingerprint density at radius 1 is 1.24 bits per heavy atom. The molecule has 0 aliphatic carbocycles. The van der Waals surface area contributed by atoms with E-state index in [-0.39, 0.29) is 12.2 Å². The van der Waals surface area contributed by atoms with Gasteiger partial charge in [0.1, 0.15) is 15.5 Å². The fraction of sp³-hybridized carbons (Fsp3) is 0.458. The van der Waals surface area contributed by atoms with E-state index in [1.165, 1.54) is 7.11 Å². The number of benzene rings is 1. The second-order valence-electron chi connectivity index (χ2n) is 8.48. The van der Waals surface area contributed by atoms with Gasteiger partial charge in [-0.05, 0) is 24.0 Å². The molecule has 0 aliphatic rings. The van der Waals surface area contributed by atoms with Crippen molar-refractivity contribution in [1.29, 1.82) is 0 Å². The molecule has 0 aliphatic heterocycles. The van der Waals surface area contributed by atoms with Crippen LogP contribution in [-0.4, -0.2) is 58.9 Å². The lowest BCUT2D eigenvalue weighted by atomic mass is 10.2. The van der Waals surface area contributed by atoms with E-state index in [2.05, 4.69) is 23.8 Å². The van der Waals surface area contributed by atoms with E-state index in [0.717, 1.165) is 16.9 Å². The molecule has 0 amide bonds. The number of esters is 1. The summed E-state index contributed by atoms with van der Waals surface area (Å²) in [5.74, 6) is 0.368. The van der Waals surface area contributed by atoms with E-state index in [1.807, 2.05) is 35.2 Å². The molecule has 8 nitrogen and oxygen atoms in total. The molecular formula is C24H31N3O5S. The van der Waals surface area contributed by atoms with Crippen molar-refractivity contribution >= 4 is 27.5 Å². The predicted octanol–water partition coefficient (Wildman–Crippen LogP) is 3.12. The molecule has 0 bridgehead atoms. The number of aryl methyl sites for hydroxylation is 1. The van der Waals surface area contributed by atoms with Crippen molar-refractivity contribution in [2.24, 2.45) is 5.92 Å². The highest BCUT2D eigenvalue weighted by Crippen LogP contribution is 2.27. The van der Waals surface area contributed by atoms with E-state index in [4.69, 9.17) is 9.47 Å². The maximum atomic E-state index is 12.7. The number of carbonyl (C=O) groups is 1. The van der Waals surface area contributed by atoms with Crippen LogP contribution in [0.3, 0.4) is 0 Å². The van der Waals surface area contributed by atoms with Crippen LogP contribution in [0.5, 0.6) is 0 Å². The predicted molar refractivity (Wildman–Crippen MR) is 129 cm³/mol. The van der Waals surface area contributed by atoms with Gasteiger partial charge in [0.05, 0.1) is 38.4 Å². The van der Waals surface area contributed by atoms with Gasteiger partial charge in [0.25, 0.3) is 5.56 Å². The monoisotopic (exact) mass is 473 g/mol. The maximum Gasteiger partial charge on any atom is 0.348 e. The van der Waals surface area contributed by atoms with Crippen LogP contribution in [0.2, 0.25) is 0 Å². The Bertz CT molecular complexity index is 1130. The van der Waals surface area contributed by atoms with Crippen LogP contribution in [0, 0.1) is 12.8 Å². The number of carbonyl (C=O) groups excluding carboxylic acids is 1. The Hall–Kier alpha value is -2.59. The molecule has 2 heterocycles. The van der Waals surface area contributed by atoms with Crippen LogP contribution < -0.4 is 5.56 Å². The van der Waals surface area contributed by atoms with Gasteiger partial charge < -0.3 is 19.6 Å². The number of hydrogen-bond acceptors (Lipinski definition) is 8. The summed E-state index contributed by atoms with van der Waals surface area (Å²) in [6.45, 7) is 8.01. The molecule has 0 unspecified atom stereocenters. The summed E-state index contributed by atoms with van der Waals surface area (Å²) in [6.07, 6.45) is -0.683. The third-order valence-electron chi connectivity index (χ3n) is 5.11. The highest BCUT2D eigenvalue weighted by atomic mass is 32.1. The minimum Gasteiger partial charge on any atom is -0.465 e. The summed E-state index contributed by atoms with van der Waals surface area (Å²) in [6, 6.07) is 9.81. The first-order valence-electron chi connectivity index (χ1n) is 10.9. The molecule has 9 heteroatoms. The summed E-state index contributed by atoms with van der Waals surface area (Å²) >= 11 is 1.16. The second-order valence-corrected chi connectivity index (χ2v) is 9.48. The van der Waals surface area contributed by atoms with E-state index < -0.39 is 12.1 Å². The lowest BCUT2D eigenvalue weighted by Crippen LogP contribution is -2.37. The molecular weight excluding hydrogens is 442 g/mol. The molecule has 33 heavy (non-hydrogen) atoms. The zero-order valence-electron chi connectivity index (χ0n) is 19.5. The molecule has 0 radical (unpaired) electrons. The summed E-state index contributed by atoms with van der Waals surface area (Å²) in [5, 5.41) is 10.9. The first-order chi connectivity index (χ1) is 15.8. The third kappa shape index (κ3) is 6.70. The number of rotatable bonds is 11. The number of aromatic amines is 1. The first-order valence-corrected chi connectivity index (χ1v) is 11.7. The van der Waals surface area contributed by atoms with Gasteiger partial charge in [-0.25, -0.2) is 9.78 Å². The van der Waals surface area contributed by atoms with Crippen molar-refractivity contribution in [3.63, 3.8) is 0 Å². The van der Waals surface area contributed by atoms with Crippen molar-refractivity contribution < 1.29 is 19.4 Å². The van der Waals surface area contributed by atoms with Gasteiger partial charge in [0.2, 0.25) is 0 Å². The zero-order chi connectivity index (χ0) is 24.0. The number of aromatic nitrogens is 2. The number of hydrogen-bond donors (Lipinski definition) is 2. The van der Waals surface area contributed by atoms with Crippen LogP contribution in [0.4, 0.5) is 0 Å². The van der Waals surface area contributed by atoms with Gasteiger partial charge in [-0.3, -0.25) is 9.69 Å². The van der Waals surface area contributed by atoms with Crippen LogP contribution >= 0.6 is 11.3 Å². The van der Waals surface area contributed by atoms with Gasteiger partial charge >= 0.3 is 5.97 Å². The van der Waals surface area contributed by atoms with E-state index >= 15 is 0 Å². The van der Waals surface area contributed by atoms with Gasteiger partial charge in [-0.15, -0.1) is 11.3 Å². The molecule has 1 aromatic carbocycles. The highest BCUT2D eigenvalue weighted by molar-refractivity contribution is 7.20. The largest absolute Gasteiger partial charge is 0.465 e. The Kier molecular flexibility index (Phi) is 8.74. The quantitative estimate of drug-likeness (QED) is 0.412. The summed E-state index contributed by atoms with van der Waals surface area (Å²) in [5.41, 5.74) is 1.35. The van der Waals surface area contributed by atoms with Crippen LogP contribution in [0.1, 0.15) is 40.5 Å². The average Bonchev–Trinajstić information content (AvgIpc) is 3.10. The standard InChI is InChI=1S/C24H31N3O5S/c1-15(2)10-27(11-18(28)14-32-13-17-8-6-5-7-9-17)12-19-25-22(29)20-16(3)21(24(30)31-4)33-23(20)26-19/h5-9,15,18,28H,10-14H2,1-4H3,(H,25,26,29)/t18-/m1/s1. The molecule has 1 atom stereocenters. The number of nitrogens with zero attached hydrogens (tertiary/aromatic N) is 2. The lowest BCUT2D eigenvalue weighted by Gasteiger charge is -2.26. The number of aliphatic hydroxyl groups excluding tert-OH is 1. The molecule has 0 saturated carbocycles. The van der Waals surface area contributed by atoms with E-state index in [0.29, 0.717) is 58.6 Å². The second kappa shape index (κ2) is 11.5. The summed E-state index contributed by atoms with van der Waals surface area (Å²) < 4.78 is 10.5. The van der Waals surface area contributed by atoms with Gasteiger partial charge in [-0.1, -0.05) is 44.2 Å². The Labute approximate surface area is 197 Å². The molecule has 0 saturated heterocycles. The molecule has 2 N–H and O–H groups in total. The van der Waals surface area contributed by atoms with Crippen LogP contribution in [0.25, 0.3) is 10.2 Å². The molecule has 0 spiro atoms. The third-order valence-corrected chi connectivity index (χ3v) is 6.27. The maximum absolute atomic E-state index is 12.7. The Balaban J connectivity index is 1.70. The first kappa shape index (κ1) is 25.0. The number of methoxy groups -OCH3 is 1. The topological polar surface area (TPSA) is 105 Å².